The van der Waals surface area contributed by atoms with Crippen LogP contribution in [0.3, 0.4) is 0 Å². The average molecular weight is 461 g/mol. The summed E-state index contributed by atoms with van der Waals surface area (Å²) in [5, 5.41) is 9.51. The van der Waals surface area contributed by atoms with Crippen molar-refractivity contribution in [2.75, 3.05) is 26.2 Å². The van der Waals surface area contributed by atoms with Crippen molar-refractivity contribution in [1.29, 1.82) is 0 Å². The second-order valence-corrected chi connectivity index (χ2v) is 9.60. The van der Waals surface area contributed by atoms with Crippen molar-refractivity contribution >= 4 is 28.1 Å². The van der Waals surface area contributed by atoms with E-state index in [1.165, 1.54) is 16.9 Å². The SMILES string of the molecule is CCN(CC)C1CN(C(=O)c2nc(-c3[nH]nc4c(C)cc(C)cc34)sc2-c2cccnc2)C1. The predicted molar refractivity (Wildman–Crippen MR) is 133 cm³/mol. The second kappa shape index (κ2) is 8.68. The molecule has 0 aliphatic carbocycles. The molecular formula is C25H28N6OS. The number of nitrogens with one attached hydrogen (secondary N) is 1. The number of benzene rings is 1. The van der Waals surface area contributed by atoms with E-state index in [0.29, 0.717) is 11.7 Å². The van der Waals surface area contributed by atoms with E-state index in [4.69, 9.17) is 4.98 Å². The molecule has 1 N–H and O–H groups in total. The first kappa shape index (κ1) is 21.7. The van der Waals surface area contributed by atoms with Gasteiger partial charge < -0.3 is 4.90 Å². The summed E-state index contributed by atoms with van der Waals surface area (Å²) in [6, 6.07) is 8.54. The average Bonchev–Trinajstić information content (AvgIpc) is 3.40. The van der Waals surface area contributed by atoms with Crippen molar-refractivity contribution < 1.29 is 4.79 Å². The van der Waals surface area contributed by atoms with Crippen molar-refractivity contribution in [2.24, 2.45) is 0 Å². The number of aromatic nitrogens is 4. The Kier molecular flexibility index (Phi) is 5.72. The number of aryl methyl sites for hydroxylation is 2. The predicted octanol–water partition coefficient (Wildman–Crippen LogP) is 4.53. The van der Waals surface area contributed by atoms with Crippen LogP contribution >= 0.6 is 11.3 Å². The maximum absolute atomic E-state index is 13.5. The highest BCUT2D eigenvalue weighted by Crippen LogP contribution is 2.38. The van der Waals surface area contributed by atoms with E-state index in [1.807, 2.05) is 17.0 Å². The minimum absolute atomic E-state index is 0.0176. The van der Waals surface area contributed by atoms with Gasteiger partial charge in [-0.1, -0.05) is 31.5 Å². The molecule has 0 bridgehead atoms. The number of pyridine rings is 1. The molecule has 0 radical (unpaired) electrons. The van der Waals surface area contributed by atoms with Gasteiger partial charge in [0.1, 0.15) is 16.4 Å². The first-order valence-electron chi connectivity index (χ1n) is 11.4. The van der Waals surface area contributed by atoms with Gasteiger partial charge in [-0.25, -0.2) is 4.98 Å². The molecule has 0 unspecified atom stereocenters. The van der Waals surface area contributed by atoms with Gasteiger partial charge in [0.2, 0.25) is 0 Å². The highest BCUT2D eigenvalue weighted by atomic mass is 32.1. The fraction of sp³-hybridized carbons (Fsp3) is 0.360. The van der Waals surface area contributed by atoms with E-state index in [1.54, 1.807) is 12.4 Å². The van der Waals surface area contributed by atoms with Crippen LogP contribution in [0.15, 0.2) is 36.7 Å². The second-order valence-electron chi connectivity index (χ2n) is 8.60. The topological polar surface area (TPSA) is 78.0 Å². The summed E-state index contributed by atoms with van der Waals surface area (Å²) < 4.78 is 0. The molecule has 3 aromatic heterocycles. The Morgan fingerprint density at radius 2 is 2.03 bits per heavy atom. The van der Waals surface area contributed by atoms with Crippen LogP contribution in [0, 0.1) is 13.8 Å². The largest absolute Gasteiger partial charge is 0.334 e. The molecule has 1 amide bonds. The number of hydrogen-bond donors (Lipinski definition) is 1. The Labute approximate surface area is 197 Å². The molecule has 5 rings (SSSR count). The molecule has 1 aromatic carbocycles. The number of amides is 1. The molecular weight excluding hydrogens is 432 g/mol. The fourth-order valence-electron chi connectivity index (χ4n) is 4.64. The Balaban J connectivity index is 1.54. The first-order valence-corrected chi connectivity index (χ1v) is 12.2. The van der Waals surface area contributed by atoms with Crippen molar-refractivity contribution in [3.05, 3.63) is 53.5 Å². The Morgan fingerprint density at radius 1 is 1.24 bits per heavy atom. The number of likely N-dealkylation sites (N-methyl/N-ethyl adjacent to an activating group) is 1. The monoisotopic (exact) mass is 460 g/mol. The van der Waals surface area contributed by atoms with Gasteiger partial charge in [-0.15, -0.1) is 11.3 Å². The van der Waals surface area contributed by atoms with Crippen LogP contribution < -0.4 is 0 Å². The van der Waals surface area contributed by atoms with E-state index in [2.05, 4.69) is 59.9 Å². The van der Waals surface area contributed by atoms with Crippen LogP contribution in [0.1, 0.15) is 35.5 Å². The molecule has 4 aromatic rings. The zero-order valence-electron chi connectivity index (χ0n) is 19.4. The van der Waals surface area contributed by atoms with Crippen molar-refractivity contribution in [3.63, 3.8) is 0 Å². The van der Waals surface area contributed by atoms with Gasteiger partial charge in [0.15, 0.2) is 0 Å². The van der Waals surface area contributed by atoms with E-state index in [0.717, 1.165) is 63.8 Å². The molecule has 1 aliphatic heterocycles. The number of likely N-dealkylation sites (tertiary alicyclic amines) is 1. The van der Waals surface area contributed by atoms with Gasteiger partial charge in [0.05, 0.1) is 10.4 Å². The smallest absolute Gasteiger partial charge is 0.274 e. The normalized spacial score (nSPS) is 14.3. The number of carbonyl (C=O) groups excluding carboxylic acids is 1. The Hall–Kier alpha value is -3.10. The molecule has 1 aliphatic rings. The maximum atomic E-state index is 13.5. The molecule has 0 atom stereocenters. The van der Waals surface area contributed by atoms with E-state index in [-0.39, 0.29) is 5.91 Å². The first-order chi connectivity index (χ1) is 16.0. The zero-order valence-corrected chi connectivity index (χ0v) is 20.2. The van der Waals surface area contributed by atoms with Crippen molar-refractivity contribution in [1.82, 2.24) is 30.0 Å². The highest BCUT2D eigenvalue weighted by molar-refractivity contribution is 7.18. The number of fused-ring (bicyclic) bond motifs is 1. The lowest BCUT2D eigenvalue weighted by atomic mass is 10.1. The summed E-state index contributed by atoms with van der Waals surface area (Å²) in [7, 11) is 0. The minimum Gasteiger partial charge on any atom is -0.334 e. The lowest BCUT2D eigenvalue weighted by molar-refractivity contribution is 0.0292. The fourth-order valence-corrected chi connectivity index (χ4v) is 5.70. The number of thiazole rings is 1. The number of rotatable bonds is 6. The van der Waals surface area contributed by atoms with Gasteiger partial charge in [-0.05, 0) is 44.6 Å². The van der Waals surface area contributed by atoms with Crippen molar-refractivity contribution in [3.8, 4) is 21.1 Å². The number of carbonyl (C=O) groups is 1. The Morgan fingerprint density at radius 3 is 2.73 bits per heavy atom. The van der Waals surface area contributed by atoms with Crippen LogP contribution in [-0.2, 0) is 0 Å². The van der Waals surface area contributed by atoms with Crippen LogP contribution in [0.25, 0.3) is 32.0 Å². The van der Waals surface area contributed by atoms with Gasteiger partial charge in [-0.2, -0.15) is 5.10 Å². The minimum atomic E-state index is -0.0176. The summed E-state index contributed by atoms with van der Waals surface area (Å²) in [4.78, 5) is 27.8. The molecule has 1 fully saturated rings. The quantitative estimate of drug-likeness (QED) is 0.457. The van der Waals surface area contributed by atoms with E-state index < -0.39 is 0 Å². The zero-order chi connectivity index (χ0) is 23.1. The number of H-pyrrole nitrogens is 1. The Bertz CT molecular complexity index is 1300. The number of aromatic amines is 1. The molecule has 8 heteroatoms. The lowest BCUT2D eigenvalue weighted by Crippen LogP contribution is -2.61. The van der Waals surface area contributed by atoms with Crippen LogP contribution in [0.2, 0.25) is 0 Å². The molecule has 1 saturated heterocycles. The molecule has 7 nitrogen and oxygen atoms in total. The summed E-state index contributed by atoms with van der Waals surface area (Å²) in [5.74, 6) is -0.0176. The standard InChI is InChI=1S/C25H28N6OS/c1-5-30(6-2)18-13-31(14-18)25(32)22-23(17-8-7-9-26-12-17)33-24(27-22)21-19-11-15(3)10-16(4)20(19)28-29-21/h7-12,18H,5-6,13-14H2,1-4H3,(H,28,29). The van der Waals surface area contributed by atoms with Gasteiger partial charge in [-0.3, -0.25) is 19.8 Å². The molecule has 33 heavy (non-hydrogen) atoms. The van der Waals surface area contributed by atoms with Crippen molar-refractivity contribution in [2.45, 2.75) is 33.7 Å². The van der Waals surface area contributed by atoms with Gasteiger partial charge in [0.25, 0.3) is 5.91 Å². The third-order valence-electron chi connectivity index (χ3n) is 6.44. The van der Waals surface area contributed by atoms with Gasteiger partial charge in [0, 0.05) is 42.5 Å². The molecule has 0 spiro atoms. The third kappa shape index (κ3) is 3.83. The number of hydrogen-bond acceptors (Lipinski definition) is 6. The summed E-state index contributed by atoms with van der Waals surface area (Å²) >= 11 is 1.51. The summed E-state index contributed by atoms with van der Waals surface area (Å²) in [6.45, 7) is 12.0. The molecule has 170 valence electrons. The van der Waals surface area contributed by atoms with Crippen LogP contribution in [0.5, 0.6) is 0 Å². The summed E-state index contributed by atoms with van der Waals surface area (Å²) in [5.41, 5.74) is 5.48. The molecule has 0 saturated carbocycles. The van der Waals surface area contributed by atoms with Crippen LogP contribution in [0.4, 0.5) is 0 Å². The highest BCUT2D eigenvalue weighted by Gasteiger charge is 2.36. The van der Waals surface area contributed by atoms with Gasteiger partial charge >= 0.3 is 0 Å². The number of nitrogens with zero attached hydrogens (tertiary/aromatic N) is 5. The maximum Gasteiger partial charge on any atom is 0.274 e. The van der Waals surface area contributed by atoms with E-state index in [9.17, 15) is 4.79 Å². The summed E-state index contributed by atoms with van der Waals surface area (Å²) in [6.07, 6.45) is 3.53. The van der Waals surface area contributed by atoms with E-state index >= 15 is 0 Å². The lowest BCUT2D eigenvalue weighted by Gasteiger charge is -2.44. The van der Waals surface area contributed by atoms with Crippen LogP contribution in [-0.4, -0.2) is 68.1 Å². The third-order valence-corrected chi connectivity index (χ3v) is 7.56. The molecule has 4 heterocycles.